The molecule has 0 heterocycles. The van der Waals surface area contributed by atoms with Crippen LogP contribution in [0, 0.1) is 13.8 Å². The van der Waals surface area contributed by atoms with Gasteiger partial charge in [-0.3, -0.25) is 4.79 Å². The van der Waals surface area contributed by atoms with E-state index < -0.39 is 0 Å². The van der Waals surface area contributed by atoms with Crippen molar-refractivity contribution in [1.29, 1.82) is 0 Å². The monoisotopic (exact) mass is 314 g/mol. The van der Waals surface area contributed by atoms with E-state index in [0.29, 0.717) is 5.56 Å². The summed E-state index contributed by atoms with van der Waals surface area (Å²) >= 11 is 3.36. The van der Waals surface area contributed by atoms with E-state index in [4.69, 9.17) is 0 Å². The second kappa shape index (κ2) is 5.98. The van der Waals surface area contributed by atoms with Crippen molar-refractivity contribution in [2.24, 2.45) is 0 Å². The van der Waals surface area contributed by atoms with Crippen LogP contribution >= 0.6 is 15.9 Å². The van der Waals surface area contributed by atoms with Crippen LogP contribution in [0.2, 0.25) is 0 Å². The molecule has 2 aromatic rings. The third-order valence-electron chi connectivity index (χ3n) is 2.98. The number of carbonyl (C=O) groups excluding carboxylic acids is 1. The molecule has 0 aliphatic rings. The Morgan fingerprint density at radius 1 is 1.05 bits per heavy atom. The third-order valence-corrected chi connectivity index (χ3v) is 3.51. The van der Waals surface area contributed by atoms with Gasteiger partial charge in [0.1, 0.15) is 0 Å². The number of halogens is 1. The van der Waals surface area contributed by atoms with E-state index >= 15 is 0 Å². The number of rotatable bonds is 3. The maximum absolute atomic E-state index is 12.0. The topological polar surface area (TPSA) is 17.1 Å². The van der Waals surface area contributed by atoms with Gasteiger partial charge in [0.25, 0.3) is 0 Å². The highest BCUT2D eigenvalue weighted by atomic mass is 79.9. The number of carbonyl (C=O) groups is 1. The van der Waals surface area contributed by atoms with Gasteiger partial charge in [-0.1, -0.05) is 45.8 Å². The summed E-state index contributed by atoms with van der Waals surface area (Å²) in [6.45, 7) is 4.09. The molecule has 2 aromatic carbocycles. The fourth-order valence-corrected chi connectivity index (χ4v) is 2.08. The van der Waals surface area contributed by atoms with E-state index in [2.05, 4.69) is 34.1 Å². The van der Waals surface area contributed by atoms with E-state index in [0.717, 1.165) is 10.0 Å². The predicted octanol–water partition coefficient (Wildman–Crippen LogP) is 4.96. The molecule has 96 valence electrons. The molecule has 0 saturated carbocycles. The van der Waals surface area contributed by atoms with Crippen molar-refractivity contribution in [2.45, 2.75) is 13.8 Å². The Hall–Kier alpha value is -1.67. The van der Waals surface area contributed by atoms with Crippen LogP contribution in [-0.2, 0) is 0 Å². The van der Waals surface area contributed by atoms with Gasteiger partial charge >= 0.3 is 0 Å². The molecular formula is C17H15BrO. The molecule has 0 atom stereocenters. The zero-order valence-corrected chi connectivity index (χ0v) is 12.6. The summed E-state index contributed by atoms with van der Waals surface area (Å²) in [5.41, 5.74) is 4.15. The Bertz CT molecular complexity index is 624. The van der Waals surface area contributed by atoms with Gasteiger partial charge in [-0.2, -0.15) is 0 Å². The number of aryl methyl sites for hydroxylation is 2. The fraction of sp³-hybridized carbons (Fsp3) is 0.118. The van der Waals surface area contributed by atoms with Crippen LogP contribution in [-0.4, -0.2) is 5.78 Å². The molecule has 0 bridgehead atoms. The Labute approximate surface area is 122 Å². The van der Waals surface area contributed by atoms with Crippen LogP contribution < -0.4 is 0 Å². The number of hydrogen-bond acceptors (Lipinski definition) is 1. The van der Waals surface area contributed by atoms with Crippen LogP contribution in [0.3, 0.4) is 0 Å². The van der Waals surface area contributed by atoms with Crippen molar-refractivity contribution in [3.8, 4) is 0 Å². The molecule has 2 rings (SSSR count). The summed E-state index contributed by atoms with van der Waals surface area (Å²) in [4.78, 5) is 12.0. The van der Waals surface area contributed by atoms with Gasteiger partial charge in [0.05, 0.1) is 0 Å². The molecule has 1 nitrogen and oxygen atoms in total. The van der Waals surface area contributed by atoms with Crippen LogP contribution in [0.15, 0.2) is 53.0 Å². The second-order valence-electron chi connectivity index (χ2n) is 4.56. The molecule has 0 saturated heterocycles. The van der Waals surface area contributed by atoms with Gasteiger partial charge in [0.2, 0.25) is 0 Å². The Kier molecular flexibility index (Phi) is 4.33. The molecule has 0 N–H and O–H groups in total. The van der Waals surface area contributed by atoms with Crippen molar-refractivity contribution in [2.75, 3.05) is 0 Å². The maximum atomic E-state index is 12.0. The largest absolute Gasteiger partial charge is 0.289 e. The lowest BCUT2D eigenvalue weighted by Crippen LogP contribution is -1.93. The molecule has 0 aromatic heterocycles. The molecule has 19 heavy (non-hydrogen) atoms. The van der Waals surface area contributed by atoms with Crippen LogP contribution in [0.25, 0.3) is 6.08 Å². The molecule has 0 spiro atoms. The zero-order valence-electron chi connectivity index (χ0n) is 11.0. The lowest BCUT2D eigenvalue weighted by atomic mass is 10.0. The molecule has 2 heteroatoms. The summed E-state index contributed by atoms with van der Waals surface area (Å²) in [5.74, 6) is 0.0217. The van der Waals surface area contributed by atoms with Crippen LogP contribution in [0.4, 0.5) is 0 Å². The standard InChI is InChI=1S/C17H15BrO/c1-12-3-4-13(2)15(11-12)7-10-17(19)14-5-8-16(18)9-6-14/h3-11H,1-2H3. The van der Waals surface area contributed by atoms with Crippen molar-refractivity contribution in [3.63, 3.8) is 0 Å². The highest BCUT2D eigenvalue weighted by molar-refractivity contribution is 9.10. The first-order valence-corrected chi connectivity index (χ1v) is 6.91. The van der Waals surface area contributed by atoms with Gasteiger partial charge in [0.15, 0.2) is 5.78 Å². The molecule has 0 aliphatic carbocycles. The van der Waals surface area contributed by atoms with Crippen LogP contribution in [0.5, 0.6) is 0 Å². The van der Waals surface area contributed by atoms with Gasteiger partial charge in [-0.25, -0.2) is 0 Å². The summed E-state index contributed by atoms with van der Waals surface area (Å²) in [5, 5.41) is 0. The predicted molar refractivity (Wildman–Crippen MR) is 83.4 cm³/mol. The summed E-state index contributed by atoms with van der Waals surface area (Å²) in [6, 6.07) is 13.6. The molecule has 0 unspecified atom stereocenters. The molecule has 0 fully saturated rings. The lowest BCUT2D eigenvalue weighted by Gasteiger charge is -2.01. The normalized spacial score (nSPS) is 10.9. The summed E-state index contributed by atoms with van der Waals surface area (Å²) in [6.07, 6.45) is 3.51. The quantitative estimate of drug-likeness (QED) is 0.578. The smallest absolute Gasteiger partial charge is 0.185 e. The Balaban J connectivity index is 2.20. The van der Waals surface area contributed by atoms with Crippen LogP contribution in [0.1, 0.15) is 27.0 Å². The minimum absolute atomic E-state index is 0.0217. The van der Waals surface area contributed by atoms with Crippen molar-refractivity contribution >= 4 is 27.8 Å². The van der Waals surface area contributed by atoms with Crippen molar-refractivity contribution < 1.29 is 4.79 Å². The first-order valence-electron chi connectivity index (χ1n) is 6.11. The van der Waals surface area contributed by atoms with E-state index in [1.54, 1.807) is 6.08 Å². The maximum Gasteiger partial charge on any atom is 0.185 e. The minimum atomic E-state index is 0.0217. The van der Waals surface area contributed by atoms with Crippen molar-refractivity contribution in [3.05, 3.63) is 75.3 Å². The summed E-state index contributed by atoms with van der Waals surface area (Å²) in [7, 11) is 0. The first-order chi connectivity index (χ1) is 9.06. The van der Waals surface area contributed by atoms with Gasteiger partial charge < -0.3 is 0 Å². The second-order valence-corrected chi connectivity index (χ2v) is 5.48. The van der Waals surface area contributed by atoms with Crippen molar-refractivity contribution in [1.82, 2.24) is 0 Å². The fourth-order valence-electron chi connectivity index (χ4n) is 1.82. The highest BCUT2D eigenvalue weighted by Gasteiger charge is 2.01. The molecule has 0 amide bonds. The van der Waals surface area contributed by atoms with E-state index in [9.17, 15) is 4.79 Å². The van der Waals surface area contributed by atoms with E-state index in [-0.39, 0.29) is 5.78 Å². The zero-order chi connectivity index (χ0) is 13.8. The van der Waals surface area contributed by atoms with Gasteiger partial charge in [-0.05, 0) is 55.3 Å². The number of allylic oxidation sites excluding steroid dienone is 1. The minimum Gasteiger partial charge on any atom is -0.289 e. The van der Waals surface area contributed by atoms with E-state index in [1.165, 1.54) is 11.1 Å². The number of hydrogen-bond donors (Lipinski definition) is 0. The SMILES string of the molecule is Cc1ccc(C)c(C=CC(=O)c2ccc(Br)cc2)c1. The van der Waals surface area contributed by atoms with E-state index in [1.807, 2.05) is 44.2 Å². The average Bonchev–Trinajstić information content (AvgIpc) is 2.40. The molecular weight excluding hydrogens is 300 g/mol. The first kappa shape index (κ1) is 13.8. The lowest BCUT2D eigenvalue weighted by molar-refractivity contribution is 0.104. The highest BCUT2D eigenvalue weighted by Crippen LogP contribution is 2.14. The number of benzene rings is 2. The Morgan fingerprint density at radius 2 is 1.74 bits per heavy atom. The molecule has 0 aliphatic heterocycles. The summed E-state index contributed by atoms with van der Waals surface area (Å²) < 4.78 is 0.975. The van der Waals surface area contributed by atoms with Gasteiger partial charge in [-0.15, -0.1) is 0 Å². The average molecular weight is 315 g/mol. The molecule has 0 radical (unpaired) electrons. The van der Waals surface area contributed by atoms with Gasteiger partial charge in [0, 0.05) is 10.0 Å². The third kappa shape index (κ3) is 3.65. The number of ketones is 1. The Morgan fingerprint density at radius 3 is 2.42 bits per heavy atom.